The number of aromatic nitrogens is 4. The van der Waals surface area contributed by atoms with E-state index < -0.39 is 0 Å². The predicted octanol–water partition coefficient (Wildman–Crippen LogP) is 2.96. The minimum atomic E-state index is -0.0969. The summed E-state index contributed by atoms with van der Waals surface area (Å²) in [5.41, 5.74) is 2.58. The van der Waals surface area contributed by atoms with E-state index in [4.69, 9.17) is 0 Å². The summed E-state index contributed by atoms with van der Waals surface area (Å²) >= 11 is 0. The lowest BCUT2D eigenvalue weighted by Gasteiger charge is -2.17. The molecule has 0 atom stereocenters. The SMILES string of the molecule is Cc1cc(Nc2ccc(NC(=O)Cn3ccnc3)cc2)nc(N2CCCC2)n1. The van der Waals surface area contributed by atoms with Gasteiger partial charge in [0, 0.05) is 48.6 Å². The first-order chi connectivity index (χ1) is 13.7. The molecule has 8 heteroatoms. The van der Waals surface area contributed by atoms with Crippen molar-refractivity contribution in [2.45, 2.75) is 26.3 Å². The maximum atomic E-state index is 12.1. The largest absolute Gasteiger partial charge is 0.341 e. The van der Waals surface area contributed by atoms with Crippen molar-refractivity contribution < 1.29 is 4.79 Å². The highest BCUT2D eigenvalue weighted by molar-refractivity contribution is 5.90. The van der Waals surface area contributed by atoms with E-state index in [2.05, 4.69) is 30.5 Å². The number of benzene rings is 1. The minimum absolute atomic E-state index is 0.0969. The third-order valence-corrected chi connectivity index (χ3v) is 4.56. The maximum Gasteiger partial charge on any atom is 0.244 e. The van der Waals surface area contributed by atoms with Crippen LogP contribution in [0.1, 0.15) is 18.5 Å². The molecule has 1 fully saturated rings. The molecule has 1 aliphatic heterocycles. The third-order valence-electron chi connectivity index (χ3n) is 4.56. The lowest BCUT2D eigenvalue weighted by Crippen LogP contribution is -2.21. The molecule has 0 bridgehead atoms. The van der Waals surface area contributed by atoms with Gasteiger partial charge in [0.25, 0.3) is 0 Å². The molecule has 3 aromatic rings. The quantitative estimate of drug-likeness (QED) is 0.687. The van der Waals surface area contributed by atoms with E-state index in [0.717, 1.165) is 41.9 Å². The van der Waals surface area contributed by atoms with Gasteiger partial charge < -0.3 is 20.1 Å². The summed E-state index contributed by atoms with van der Waals surface area (Å²) in [6.07, 6.45) is 7.40. The number of carbonyl (C=O) groups excluding carboxylic acids is 1. The molecule has 144 valence electrons. The molecule has 4 rings (SSSR count). The van der Waals surface area contributed by atoms with Crippen molar-refractivity contribution in [1.29, 1.82) is 0 Å². The summed E-state index contributed by atoms with van der Waals surface area (Å²) in [6, 6.07) is 9.49. The maximum absolute atomic E-state index is 12.1. The molecule has 1 saturated heterocycles. The third kappa shape index (κ3) is 4.46. The van der Waals surface area contributed by atoms with Crippen molar-refractivity contribution in [2.24, 2.45) is 0 Å². The summed E-state index contributed by atoms with van der Waals surface area (Å²) in [5.74, 6) is 1.45. The van der Waals surface area contributed by atoms with Gasteiger partial charge in [-0.05, 0) is 44.0 Å². The first kappa shape index (κ1) is 18.0. The molecule has 1 amide bonds. The zero-order valence-corrected chi connectivity index (χ0v) is 15.8. The highest BCUT2D eigenvalue weighted by Gasteiger charge is 2.16. The van der Waals surface area contributed by atoms with Crippen LogP contribution in [0.5, 0.6) is 0 Å². The normalized spacial score (nSPS) is 13.5. The molecule has 1 aromatic carbocycles. The monoisotopic (exact) mass is 377 g/mol. The number of hydrogen-bond donors (Lipinski definition) is 2. The Morgan fingerprint density at radius 2 is 1.86 bits per heavy atom. The van der Waals surface area contributed by atoms with Gasteiger partial charge in [-0.25, -0.2) is 9.97 Å². The highest BCUT2D eigenvalue weighted by Crippen LogP contribution is 2.22. The van der Waals surface area contributed by atoms with Crippen LogP contribution in [-0.4, -0.2) is 38.5 Å². The van der Waals surface area contributed by atoms with E-state index in [9.17, 15) is 4.79 Å². The molecule has 1 aliphatic rings. The molecule has 0 radical (unpaired) electrons. The van der Waals surface area contributed by atoms with Gasteiger partial charge in [0.05, 0.1) is 6.33 Å². The molecule has 0 saturated carbocycles. The van der Waals surface area contributed by atoms with Crippen LogP contribution >= 0.6 is 0 Å². The molecule has 0 aliphatic carbocycles. The zero-order valence-electron chi connectivity index (χ0n) is 15.8. The Hall–Kier alpha value is -3.42. The zero-order chi connectivity index (χ0) is 19.3. The Morgan fingerprint density at radius 3 is 2.57 bits per heavy atom. The average molecular weight is 377 g/mol. The first-order valence-electron chi connectivity index (χ1n) is 9.39. The number of amides is 1. The summed E-state index contributed by atoms with van der Waals surface area (Å²) in [6.45, 7) is 4.23. The Morgan fingerprint density at radius 1 is 1.11 bits per heavy atom. The van der Waals surface area contributed by atoms with Crippen LogP contribution in [0.3, 0.4) is 0 Å². The van der Waals surface area contributed by atoms with Crippen LogP contribution < -0.4 is 15.5 Å². The topological polar surface area (TPSA) is 88.0 Å². The Bertz CT molecular complexity index is 932. The minimum Gasteiger partial charge on any atom is -0.341 e. The summed E-state index contributed by atoms with van der Waals surface area (Å²) < 4.78 is 1.72. The van der Waals surface area contributed by atoms with Crippen LogP contribution in [0.15, 0.2) is 49.1 Å². The smallest absolute Gasteiger partial charge is 0.244 e. The number of anilines is 4. The molecule has 0 unspecified atom stereocenters. The van der Waals surface area contributed by atoms with E-state index in [1.807, 2.05) is 37.3 Å². The fourth-order valence-corrected chi connectivity index (χ4v) is 3.21. The fourth-order valence-electron chi connectivity index (χ4n) is 3.21. The Kier molecular flexibility index (Phi) is 5.18. The summed E-state index contributed by atoms with van der Waals surface area (Å²) in [4.78, 5) is 27.4. The molecule has 28 heavy (non-hydrogen) atoms. The van der Waals surface area contributed by atoms with Crippen molar-refractivity contribution in [2.75, 3.05) is 28.6 Å². The number of nitrogens with one attached hydrogen (secondary N) is 2. The van der Waals surface area contributed by atoms with Gasteiger partial charge in [0.1, 0.15) is 12.4 Å². The fraction of sp³-hybridized carbons (Fsp3) is 0.300. The molecular formula is C20H23N7O. The molecule has 3 heterocycles. The second kappa shape index (κ2) is 8.08. The van der Waals surface area contributed by atoms with E-state index in [0.29, 0.717) is 0 Å². The van der Waals surface area contributed by atoms with E-state index in [1.54, 1.807) is 23.3 Å². The van der Waals surface area contributed by atoms with Crippen molar-refractivity contribution in [1.82, 2.24) is 19.5 Å². The van der Waals surface area contributed by atoms with Gasteiger partial charge in [-0.2, -0.15) is 4.98 Å². The van der Waals surface area contributed by atoms with Crippen molar-refractivity contribution >= 4 is 29.0 Å². The van der Waals surface area contributed by atoms with Gasteiger partial charge in [-0.15, -0.1) is 0 Å². The van der Waals surface area contributed by atoms with Crippen LogP contribution in [-0.2, 0) is 11.3 Å². The Labute approximate surface area is 163 Å². The number of carbonyl (C=O) groups is 1. The number of aryl methyl sites for hydroxylation is 1. The molecule has 2 N–H and O–H groups in total. The number of rotatable bonds is 6. The predicted molar refractivity (Wildman–Crippen MR) is 109 cm³/mol. The summed E-state index contributed by atoms with van der Waals surface area (Å²) in [7, 11) is 0. The van der Waals surface area contributed by atoms with Crippen LogP contribution in [0, 0.1) is 6.92 Å². The van der Waals surface area contributed by atoms with Gasteiger partial charge in [-0.3, -0.25) is 4.79 Å². The second-order valence-corrected chi connectivity index (χ2v) is 6.87. The second-order valence-electron chi connectivity index (χ2n) is 6.87. The first-order valence-corrected chi connectivity index (χ1v) is 9.39. The van der Waals surface area contributed by atoms with Crippen LogP contribution in [0.25, 0.3) is 0 Å². The summed E-state index contributed by atoms with van der Waals surface area (Å²) in [5, 5.41) is 6.20. The van der Waals surface area contributed by atoms with E-state index in [1.165, 1.54) is 12.8 Å². The molecular weight excluding hydrogens is 354 g/mol. The standard InChI is InChI=1S/C20H23N7O/c1-15-12-18(25-20(22-15)27-9-2-3-10-27)23-16-4-6-17(7-5-16)24-19(28)13-26-11-8-21-14-26/h4-8,11-12,14H,2-3,9-10,13H2,1H3,(H,24,28)(H,22,23,25). The lowest BCUT2D eigenvalue weighted by molar-refractivity contribution is -0.116. The van der Waals surface area contributed by atoms with E-state index in [-0.39, 0.29) is 12.5 Å². The molecule has 2 aromatic heterocycles. The van der Waals surface area contributed by atoms with Gasteiger partial charge in [0.15, 0.2) is 0 Å². The van der Waals surface area contributed by atoms with E-state index >= 15 is 0 Å². The van der Waals surface area contributed by atoms with Crippen LogP contribution in [0.4, 0.5) is 23.1 Å². The van der Waals surface area contributed by atoms with Crippen LogP contribution in [0.2, 0.25) is 0 Å². The Balaban J connectivity index is 1.39. The van der Waals surface area contributed by atoms with Crippen molar-refractivity contribution in [3.63, 3.8) is 0 Å². The van der Waals surface area contributed by atoms with Gasteiger partial charge in [-0.1, -0.05) is 0 Å². The highest BCUT2D eigenvalue weighted by atomic mass is 16.1. The van der Waals surface area contributed by atoms with Gasteiger partial charge in [0.2, 0.25) is 11.9 Å². The van der Waals surface area contributed by atoms with Crippen molar-refractivity contribution in [3.05, 3.63) is 54.7 Å². The number of hydrogen-bond acceptors (Lipinski definition) is 6. The van der Waals surface area contributed by atoms with Crippen molar-refractivity contribution in [3.8, 4) is 0 Å². The molecule has 0 spiro atoms. The lowest BCUT2D eigenvalue weighted by atomic mass is 10.2. The average Bonchev–Trinajstić information content (AvgIpc) is 3.37. The molecule has 8 nitrogen and oxygen atoms in total. The van der Waals surface area contributed by atoms with Gasteiger partial charge >= 0.3 is 0 Å². The number of nitrogens with zero attached hydrogens (tertiary/aromatic N) is 5. The number of imidazole rings is 1.